The van der Waals surface area contributed by atoms with Crippen LogP contribution in [0.2, 0.25) is 0 Å². The number of hydrogen-bond acceptors (Lipinski definition) is 3. The molecular formula is C16H20N2O2S. The van der Waals surface area contributed by atoms with Crippen LogP contribution in [0.1, 0.15) is 32.6 Å². The van der Waals surface area contributed by atoms with Gasteiger partial charge in [0.05, 0.1) is 10.4 Å². The Morgan fingerprint density at radius 2 is 2.05 bits per heavy atom. The number of pyridine rings is 1. The first-order chi connectivity index (χ1) is 10.1. The van der Waals surface area contributed by atoms with Gasteiger partial charge in [-0.2, -0.15) is 4.31 Å². The lowest BCUT2D eigenvalue weighted by Crippen LogP contribution is -2.38. The predicted octanol–water partition coefficient (Wildman–Crippen LogP) is 3.19. The molecule has 1 fully saturated rings. The van der Waals surface area contributed by atoms with Crippen molar-refractivity contribution in [1.29, 1.82) is 0 Å². The number of sulfonamides is 1. The molecule has 2 aromatic rings. The Morgan fingerprint density at radius 3 is 2.90 bits per heavy atom. The molecule has 0 N–H and O–H groups in total. The van der Waals surface area contributed by atoms with Crippen molar-refractivity contribution in [3.05, 3.63) is 36.5 Å². The van der Waals surface area contributed by atoms with Crippen molar-refractivity contribution in [2.75, 3.05) is 6.54 Å². The molecule has 4 nitrogen and oxygen atoms in total. The molecule has 112 valence electrons. The topological polar surface area (TPSA) is 50.3 Å². The summed E-state index contributed by atoms with van der Waals surface area (Å²) >= 11 is 0. The third kappa shape index (κ3) is 2.80. The second-order valence-corrected chi connectivity index (χ2v) is 7.56. The Bertz CT molecular complexity index is 743. The van der Waals surface area contributed by atoms with Crippen molar-refractivity contribution in [2.24, 2.45) is 0 Å². The van der Waals surface area contributed by atoms with Crippen LogP contribution in [0.25, 0.3) is 10.9 Å². The van der Waals surface area contributed by atoms with Crippen LogP contribution < -0.4 is 0 Å². The third-order valence-electron chi connectivity index (χ3n) is 4.17. The van der Waals surface area contributed by atoms with E-state index in [1.807, 2.05) is 19.1 Å². The van der Waals surface area contributed by atoms with Crippen molar-refractivity contribution in [1.82, 2.24) is 9.29 Å². The SMILES string of the molecule is CC1CCCCCN1S(=O)(=O)c1ccc2ncccc2c1. The molecule has 0 radical (unpaired) electrons. The lowest BCUT2D eigenvalue weighted by Gasteiger charge is -2.26. The van der Waals surface area contributed by atoms with Crippen LogP contribution in [-0.2, 0) is 10.0 Å². The molecule has 2 heterocycles. The number of rotatable bonds is 2. The fourth-order valence-electron chi connectivity index (χ4n) is 2.96. The van der Waals surface area contributed by atoms with Gasteiger partial charge in [-0.05, 0) is 44.0 Å². The standard InChI is InChI=1S/C16H20N2O2S/c1-13-6-3-2-4-11-18(13)21(19,20)15-8-9-16-14(12-15)7-5-10-17-16/h5,7-10,12-13H,2-4,6,11H2,1H3. The zero-order chi connectivity index (χ0) is 14.9. The van der Waals surface area contributed by atoms with Gasteiger partial charge in [0.2, 0.25) is 10.0 Å². The van der Waals surface area contributed by atoms with Crippen molar-refractivity contribution in [3.8, 4) is 0 Å². The van der Waals surface area contributed by atoms with Gasteiger partial charge in [0.1, 0.15) is 0 Å². The highest BCUT2D eigenvalue weighted by molar-refractivity contribution is 7.89. The van der Waals surface area contributed by atoms with Crippen LogP contribution in [0.4, 0.5) is 0 Å². The molecular weight excluding hydrogens is 284 g/mol. The van der Waals surface area contributed by atoms with E-state index >= 15 is 0 Å². The maximum atomic E-state index is 12.9. The molecule has 1 atom stereocenters. The van der Waals surface area contributed by atoms with E-state index in [-0.39, 0.29) is 6.04 Å². The van der Waals surface area contributed by atoms with Gasteiger partial charge in [0.15, 0.2) is 0 Å². The average molecular weight is 304 g/mol. The van der Waals surface area contributed by atoms with E-state index in [4.69, 9.17) is 0 Å². The molecule has 0 spiro atoms. The van der Waals surface area contributed by atoms with Crippen molar-refractivity contribution < 1.29 is 8.42 Å². The molecule has 0 amide bonds. The van der Waals surface area contributed by atoms with Crippen molar-refractivity contribution in [2.45, 2.75) is 43.5 Å². The fraction of sp³-hybridized carbons (Fsp3) is 0.438. The maximum Gasteiger partial charge on any atom is 0.243 e. The summed E-state index contributed by atoms with van der Waals surface area (Å²) in [7, 11) is -3.42. The predicted molar refractivity (Wildman–Crippen MR) is 83.6 cm³/mol. The molecule has 1 aromatic heterocycles. The van der Waals surface area contributed by atoms with Gasteiger partial charge in [-0.25, -0.2) is 8.42 Å². The zero-order valence-corrected chi connectivity index (χ0v) is 13.0. The van der Waals surface area contributed by atoms with Gasteiger partial charge in [-0.15, -0.1) is 0 Å². The first-order valence-corrected chi connectivity index (χ1v) is 8.90. The summed E-state index contributed by atoms with van der Waals surface area (Å²) in [4.78, 5) is 4.61. The van der Waals surface area contributed by atoms with E-state index in [1.54, 1.807) is 28.7 Å². The largest absolute Gasteiger partial charge is 0.256 e. The summed E-state index contributed by atoms with van der Waals surface area (Å²) < 4.78 is 27.5. The van der Waals surface area contributed by atoms with E-state index < -0.39 is 10.0 Å². The summed E-state index contributed by atoms with van der Waals surface area (Å²) in [6.07, 6.45) is 5.81. The molecule has 0 aliphatic carbocycles. The van der Waals surface area contributed by atoms with Crippen molar-refractivity contribution >= 4 is 20.9 Å². The lowest BCUT2D eigenvalue weighted by molar-refractivity contribution is 0.342. The molecule has 0 saturated carbocycles. The number of aromatic nitrogens is 1. The summed E-state index contributed by atoms with van der Waals surface area (Å²) in [6, 6.07) is 8.98. The average Bonchev–Trinajstić information content (AvgIpc) is 2.71. The van der Waals surface area contributed by atoms with Crippen LogP contribution >= 0.6 is 0 Å². The smallest absolute Gasteiger partial charge is 0.243 e. The molecule has 3 rings (SSSR count). The minimum absolute atomic E-state index is 0.0714. The van der Waals surface area contributed by atoms with Gasteiger partial charge < -0.3 is 0 Å². The molecule has 1 saturated heterocycles. The molecule has 1 unspecified atom stereocenters. The molecule has 1 aliphatic heterocycles. The summed E-state index contributed by atoms with van der Waals surface area (Å²) in [5, 5.41) is 0.862. The van der Waals surface area contributed by atoms with Crippen LogP contribution in [0, 0.1) is 0 Å². The van der Waals surface area contributed by atoms with E-state index in [0.29, 0.717) is 11.4 Å². The number of nitrogens with zero attached hydrogens (tertiary/aromatic N) is 2. The van der Waals surface area contributed by atoms with Crippen molar-refractivity contribution in [3.63, 3.8) is 0 Å². The quantitative estimate of drug-likeness (QED) is 0.856. The van der Waals surface area contributed by atoms with Crippen LogP contribution in [0.5, 0.6) is 0 Å². The van der Waals surface area contributed by atoms with E-state index in [1.165, 1.54) is 0 Å². The Balaban J connectivity index is 2.02. The monoisotopic (exact) mass is 304 g/mol. The Hall–Kier alpha value is -1.46. The van der Waals surface area contributed by atoms with E-state index in [9.17, 15) is 8.42 Å². The normalized spacial score (nSPS) is 21.3. The van der Waals surface area contributed by atoms with Gasteiger partial charge in [0.25, 0.3) is 0 Å². The fourth-order valence-corrected chi connectivity index (χ4v) is 4.69. The Kier molecular flexibility index (Phi) is 3.95. The molecule has 21 heavy (non-hydrogen) atoms. The number of benzene rings is 1. The first kappa shape index (κ1) is 14.5. The van der Waals surface area contributed by atoms with E-state index in [2.05, 4.69) is 4.98 Å². The molecule has 1 aromatic carbocycles. The molecule has 0 bridgehead atoms. The maximum absolute atomic E-state index is 12.9. The van der Waals surface area contributed by atoms with Gasteiger partial charge >= 0.3 is 0 Å². The minimum atomic E-state index is -3.42. The third-order valence-corrected chi connectivity index (χ3v) is 6.18. The number of hydrogen-bond donors (Lipinski definition) is 0. The van der Waals surface area contributed by atoms with Gasteiger partial charge in [0, 0.05) is 24.2 Å². The summed E-state index contributed by atoms with van der Waals surface area (Å²) in [6.45, 7) is 2.63. The summed E-state index contributed by atoms with van der Waals surface area (Å²) in [5.74, 6) is 0. The lowest BCUT2D eigenvalue weighted by atomic mass is 10.1. The highest BCUT2D eigenvalue weighted by atomic mass is 32.2. The highest BCUT2D eigenvalue weighted by Crippen LogP contribution is 2.26. The second kappa shape index (κ2) is 5.73. The first-order valence-electron chi connectivity index (χ1n) is 7.46. The van der Waals surface area contributed by atoms with Gasteiger partial charge in [-0.3, -0.25) is 4.98 Å². The highest BCUT2D eigenvalue weighted by Gasteiger charge is 2.29. The summed E-state index contributed by atoms with van der Waals surface area (Å²) in [5.41, 5.74) is 0.820. The number of fused-ring (bicyclic) bond motifs is 1. The molecule has 5 heteroatoms. The Labute approximate surface area is 125 Å². The second-order valence-electron chi connectivity index (χ2n) is 5.67. The van der Waals surface area contributed by atoms with Crippen LogP contribution in [0.3, 0.4) is 0 Å². The van der Waals surface area contributed by atoms with Crippen LogP contribution in [-0.4, -0.2) is 30.3 Å². The zero-order valence-electron chi connectivity index (χ0n) is 12.2. The van der Waals surface area contributed by atoms with E-state index in [0.717, 1.165) is 36.6 Å². The molecule has 1 aliphatic rings. The van der Waals surface area contributed by atoms with Gasteiger partial charge in [-0.1, -0.05) is 18.9 Å². The Morgan fingerprint density at radius 1 is 1.19 bits per heavy atom. The van der Waals surface area contributed by atoms with Crippen LogP contribution in [0.15, 0.2) is 41.4 Å². The minimum Gasteiger partial charge on any atom is -0.256 e.